The zero-order valence-corrected chi connectivity index (χ0v) is 16.5. The fraction of sp³-hybridized carbons (Fsp3) is 0.368. The summed E-state index contributed by atoms with van der Waals surface area (Å²) in [6.45, 7) is 3.89. The van der Waals surface area contributed by atoms with E-state index in [0.29, 0.717) is 42.5 Å². The number of anilines is 2. The van der Waals surface area contributed by atoms with Gasteiger partial charge in [-0.3, -0.25) is 9.59 Å². The Hall–Kier alpha value is -2.99. The number of aromatic nitrogens is 1. The molecular formula is C19H22N4O4S. The molecule has 9 heteroatoms. The lowest BCUT2D eigenvalue weighted by molar-refractivity contribution is -0.115. The maximum atomic E-state index is 12.1. The highest BCUT2D eigenvalue weighted by Gasteiger charge is 2.17. The van der Waals surface area contributed by atoms with Crippen molar-refractivity contribution in [1.29, 1.82) is 5.26 Å². The summed E-state index contributed by atoms with van der Waals surface area (Å²) in [4.78, 5) is 24.2. The number of carbonyl (C=O) groups is 2. The van der Waals surface area contributed by atoms with Gasteiger partial charge < -0.3 is 19.9 Å². The Balaban J connectivity index is 1.75. The SMILES string of the molecule is Cc1cc(NC(=O)C(C)SCC(=O)Nc2cccc(OCCCC#N)c2)no1. The molecule has 0 fully saturated rings. The number of aryl methyl sites for hydroxylation is 1. The molecule has 2 amide bonds. The van der Waals surface area contributed by atoms with Crippen LogP contribution in [0.4, 0.5) is 11.5 Å². The first-order valence-corrected chi connectivity index (χ1v) is 9.78. The predicted molar refractivity (Wildman–Crippen MR) is 107 cm³/mol. The lowest BCUT2D eigenvalue weighted by Crippen LogP contribution is -2.25. The Labute approximate surface area is 167 Å². The molecule has 0 saturated carbocycles. The molecule has 1 aromatic heterocycles. The van der Waals surface area contributed by atoms with E-state index >= 15 is 0 Å². The second-order valence-electron chi connectivity index (χ2n) is 5.95. The van der Waals surface area contributed by atoms with Crippen LogP contribution in [0.5, 0.6) is 5.75 Å². The van der Waals surface area contributed by atoms with Crippen LogP contribution >= 0.6 is 11.8 Å². The van der Waals surface area contributed by atoms with Gasteiger partial charge in [-0.05, 0) is 32.4 Å². The molecule has 148 valence electrons. The van der Waals surface area contributed by atoms with Gasteiger partial charge >= 0.3 is 0 Å². The van der Waals surface area contributed by atoms with Gasteiger partial charge in [-0.25, -0.2) is 0 Å². The molecule has 1 unspecified atom stereocenters. The molecule has 0 saturated heterocycles. The van der Waals surface area contributed by atoms with Crippen LogP contribution in [-0.4, -0.2) is 34.6 Å². The summed E-state index contributed by atoms with van der Waals surface area (Å²) in [5, 5.41) is 17.2. The van der Waals surface area contributed by atoms with E-state index in [2.05, 4.69) is 21.9 Å². The quantitative estimate of drug-likeness (QED) is 0.585. The van der Waals surface area contributed by atoms with E-state index in [-0.39, 0.29) is 17.6 Å². The molecule has 1 aromatic carbocycles. The zero-order chi connectivity index (χ0) is 20.4. The van der Waals surface area contributed by atoms with E-state index in [1.807, 2.05) is 0 Å². The molecule has 0 bridgehead atoms. The summed E-state index contributed by atoms with van der Waals surface area (Å²) in [6.07, 6.45) is 1.09. The number of amides is 2. The molecule has 28 heavy (non-hydrogen) atoms. The van der Waals surface area contributed by atoms with E-state index in [9.17, 15) is 9.59 Å². The van der Waals surface area contributed by atoms with Crippen molar-refractivity contribution in [1.82, 2.24) is 5.16 Å². The lowest BCUT2D eigenvalue weighted by Gasteiger charge is -2.11. The number of rotatable bonds is 10. The molecule has 0 radical (unpaired) electrons. The number of unbranched alkanes of at least 4 members (excludes halogenated alkanes) is 1. The summed E-state index contributed by atoms with van der Waals surface area (Å²) in [5.41, 5.74) is 0.610. The first kappa shape index (κ1) is 21.3. The van der Waals surface area contributed by atoms with Gasteiger partial charge in [0.15, 0.2) is 5.82 Å². The summed E-state index contributed by atoms with van der Waals surface area (Å²) >= 11 is 1.22. The number of hydrogen-bond acceptors (Lipinski definition) is 7. The first-order valence-electron chi connectivity index (χ1n) is 8.73. The van der Waals surface area contributed by atoms with Crippen LogP contribution < -0.4 is 15.4 Å². The third-order valence-electron chi connectivity index (χ3n) is 3.53. The van der Waals surface area contributed by atoms with Crippen molar-refractivity contribution < 1.29 is 18.8 Å². The van der Waals surface area contributed by atoms with Crippen LogP contribution in [0.2, 0.25) is 0 Å². The summed E-state index contributed by atoms with van der Waals surface area (Å²) in [7, 11) is 0. The molecule has 0 aliphatic rings. The lowest BCUT2D eigenvalue weighted by atomic mass is 10.3. The maximum Gasteiger partial charge on any atom is 0.238 e. The second kappa shape index (κ2) is 11.0. The van der Waals surface area contributed by atoms with Crippen LogP contribution in [-0.2, 0) is 9.59 Å². The van der Waals surface area contributed by atoms with Crippen LogP contribution in [0, 0.1) is 18.3 Å². The van der Waals surface area contributed by atoms with Gasteiger partial charge in [0, 0.05) is 24.2 Å². The van der Waals surface area contributed by atoms with Crippen LogP contribution in [0.1, 0.15) is 25.5 Å². The minimum atomic E-state index is -0.433. The molecule has 0 aliphatic heterocycles. The number of nitrogens with zero attached hydrogens (tertiary/aromatic N) is 2. The molecule has 0 aliphatic carbocycles. The van der Waals surface area contributed by atoms with Crippen molar-refractivity contribution in [3.63, 3.8) is 0 Å². The summed E-state index contributed by atoms with van der Waals surface area (Å²) < 4.78 is 10.4. The Morgan fingerprint density at radius 3 is 2.89 bits per heavy atom. The molecule has 2 rings (SSSR count). The first-order chi connectivity index (χ1) is 13.5. The fourth-order valence-electron chi connectivity index (χ4n) is 2.13. The molecule has 0 spiro atoms. The van der Waals surface area contributed by atoms with E-state index in [1.165, 1.54) is 11.8 Å². The Morgan fingerprint density at radius 2 is 2.18 bits per heavy atom. The largest absolute Gasteiger partial charge is 0.493 e. The van der Waals surface area contributed by atoms with Crippen molar-refractivity contribution >= 4 is 35.1 Å². The summed E-state index contributed by atoms with van der Waals surface area (Å²) in [5.74, 6) is 1.23. The van der Waals surface area contributed by atoms with Gasteiger partial charge in [0.05, 0.1) is 23.7 Å². The molecule has 1 atom stereocenters. The number of hydrogen-bond donors (Lipinski definition) is 2. The van der Waals surface area contributed by atoms with Crippen molar-refractivity contribution in [2.45, 2.75) is 31.9 Å². The third-order valence-corrected chi connectivity index (χ3v) is 4.68. The number of thioether (sulfide) groups is 1. The van der Waals surface area contributed by atoms with Gasteiger partial charge in [-0.2, -0.15) is 5.26 Å². The smallest absolute Gasteiger partial charge is 0.238 e. The molecular weight excluding hydrogens is 380 g/mol. The fourth-order valence-corrected chi connectivity index (χ4v) is 2.82. The second-order valence-corrected chi connectivity index (χ2v) is 7.28. The van der Waals surface area contributed by atoms with Gasteiger partial charge in [-0.15, -0.1) is 11.8 Å². The number of nitriles is 1. The van der Waals surface area contributed by atoms with Gasteiger partial charge in [0.25, 0.3) is 0 Å². The summed E-state index contributed by atoms with van der Waals surface area (Å²) in [6, 6.07) is 10.7. The van der Waals surface area contributed by atoms with Gasteiger partial charge in [-0.1, -0.05) is 11.2 Å². The van der Waals surface area contributed by atoms with Gasteiger partial charge in [0.1, 0.15) is 11.5 Å². The minimum Gasteiger partial charge on any atom is -0.493 e. The topological polar surface area (TPSA) is 117 Å². The van der Waals surface area contributed by atoms with Crippen LogP contribution in [0.25, 0.3) is 0 Å². The molecule has 2 N–H and O–H groups in total. The average molecular weight is 402 g/mol. The number of ether oxygens (including phenoxy) is 1. The highest BCUT2D eigenvalue weighted by molar-refractivity contribution is 8.01. The van der Waals surface area contributed by atoms with Gasteiger partial charge in [0.2, 0.25) is 11.8 Å². The highest BCUT2D eigenvalue weighted by Crippen LogP contribution is 2.19. The van der Waals surface area contributed by atoms with Crippen LogP contribution in [0.3, 0.4) is 0 Å². The highest BCUT2D eigenvalue weighted by atomic mass is 32.2. The van der Waals surface area contributed by atoms with Crippen molar-refractivity contribution in [2.24, 2.45) is 0 Å². The van der Waals surface area contributed by atoms with E-state index in [4.69, 9.17) is 14.5 Å². The molecule has 1 heterocycles. The van der Waals surface area contributed by atoms with E-state index < -0.39 is 5.25 Å². The van der Waals surface area contributed by atoms with Crippen LogP contribution in [0.15, 0.2) is 34.9 Å². The maximum absolute atomic E-state index is 12.1. The van der Waals surface area contributed by atoms with E-state index in [0.717, 1.165) is 0 Å². The predicted octanol–water partition coefficient (Wildman–Crippen LogP) is 3.36. The molecule has 2 aromatic rings. The normalized spacial score (nSPS) is 11.3. The Morgan fingerprint density at radius 1 is 1.36 bits per heavy atom. The third kappa shape index (κ3) is 7.32. The standard InChI is InChI=1S/C19H22N4O4S/c1-13-10-17(23-27-13)22-19(25)14(2)28-12-18(24)21-15-6-5-7-16(11-15)26-9-4-3-8-20/h5-7,10-11,14H,3-4,9,12H2,1-2H3,(H,21,24)(H,22,23,25). The Kier molecular flexibility index (Phi) is 8.37. The zero-order valence-electron chi connectivity index (χ0n) is 15.7. The monoisotopic (exact) mass is 402 g/mol. The Bertz CT molecular complexity index is 846. The molecule has 8 nitrogen and oxygen atoms in total. The number of carbonyl (C=O) groups excluding carboxylic acids is 2. The number of nitrogens with one attached hydrogen (secondary N) is 2. The van der Waals surface area contributed by atoms with Crippen molar-refractivity contribution in [3.8, 4) is 11.8 Å². The van der Waals surface area contributed by atoms with Crippen molar-refractivity contribution in [2.75, 3.05) is 23.0 Å². The average Bonchev–Trinajstić information content (AvgIpc) is 3.08. The van der Waals surface area contributed by atoms with Crippen molar-refractivity contribution in [3.05, 3.63) is 36.1 Å². The minimum absolute atomic E-state index is 0.125. The number of benzene rings is 1. The van der Waals surface area contributed by atoms with E-state index in [1.54, 1.807) is 44.2 Å².